The summed E-state index contributed by atoms with van der Waals surface area (Å²) in [6.07, 6.45) is 15.6. The Morgan fingerprint density at radius 1 is 0.524 bits per heavy atom. The molecule has 0 saturated heterocycles. The van der Waals surface area contributed by atoms with Gasteiger partial charge < -0.3 is 14.3 Å². The van der Waals surface area contributed by atoms with Crippen LogP contribution >= 0.6 is 0 Å². The zero-order chi connectivity index (χ0) is 41.4. The molecule has 0 spiro atoms. The molecule has 1 atom stereocenters. The molecule has 1 N–H and O–H groups in total. The van der Waals surface area contributed by atoms with E-state index in [1.165, 1.54) is 55.3 Å². The van der Waals surface area contributed by atoms with E-state index in [2.05, 4.69) is 192 Å². The molecular weight excluding hydrogens is 769 g/mol. The minimum absolute atomic E-state index is 0.439. The second-order valence-electron chi connectivity index (χ2n) is 17.1. The van der Waals surface area contributed by atoms with E-state index in [0.29, 0.717) is 0 Å². The van der Waals surface area contributed by atoms with Crippen molar-refractivity contribution >= 4 is 62.2 Å². The van der Waals surface area contributed by atoms with Crippen LogP contribution < -0.4 is 5.32 Å². The molecule has 7 aromatic carbocycles. The molecule has 1 unspecified atom stereocenters. The van der Waals surface area contributed by atoms with Crippen LogP contribution in [0, 0.1) is 0 Å². The van der Waals surface area contributed by atoms with Gasteiger partial charge in [0.1, 0.15) is 23.0 Å². The summed E-state index contributed by atoms with van der Waals surface area (Å²) in [5.74, 6) is 2.68. The quantitative estimate of drug-likeness (QED) is 0.182. The van der Waals surface area contributed by atoms with Gasteiger partial charge in [-0.2, -0.15) is 0 Å². The van der Waals surface area contributed by atoms with E-state index in [4.69, 9.17) is 14.4 Å². The molecule has 0 saturated carbocycles. The smallest absolute Gasteiger partial charge is 0.170 e. The summed E-state index contributed by atoms with van der Waals surface area (Å²) in [5, 5.41) is 7.22. The molecule has 3 aliphatic carbocycles. The topological polar surface area (TPSA) is 54.8 Å². The number of aryl methyl sites for hydroxylation is 2. The van der Waals surface area contributed by atoms with Gasteiger partial charge in [-0.1, -0.05) is 127 Å². The van der Waals surface area contributed by atoms with Crippen molar-refractivity contribution in [2.75, 3.05) is 0 Å². The van der Waals surface area contributed by atoms with Crippen LogP contribution in [0.2, 0.25) is 0 Å². The van der Waals surface area contributed by atoms with Gasteiger partial charge in [0.2, 0.25) is 0 Å². The van der Waals surface area contributed by atoms with Crippen molar-refractivity contribution < 1.29 is 4.42 Å². The van der Waals surface area contributed by atoms with Crippen molar-refractivity contribution in [2.24, 2.45) is 9.98 Å². The molecule has 2 aromatic heterocycles. The first-order chi connectivity index (χ1) is 31.2. The van der Waals surface area contributed by atoms with E-state index in [-0.39, 0.29) is 0 Å². The Kier molecular flexibility index (Phi) is 8.23. The number of rotatable bonds is 6. The summed E-state index contributed by atoms with van der Waals surface area (Å²) in [4.78, 5) is 10.8. The molecule has 1 aliphatic heterocycles. The van der Waals surface area contributed by atoms with Gasteiger partial charge in [-0.05, 0) is 119 Å². The Labute approximate surface area is 365 Å². The van der Waals surface area contributed by atoms with Crippen molar-refractivity contribution in [3.05, 3.63) is 215 Å². The second-order valence-corrected chi connectivity index (χ2v) is 17.1. The van der Waals surface area contributed by atoms with Gasteiger partial charge in [-0.3, -0.25) is 0 Å². The van der Waals surface area contributed by atoms with Crippen molar-refractivity contribution in [1.82, 2.24) is 9.88 Å². The standard InChI is InChI=1S/C58H42N4O/c1-3-11-36(12-4-1)42-25-29-51-49(33-42)50-34-43(37-13-5-2-6-14-37)26-30-52(50)62(51)46-27-28-47-54(35-46)63-53-20-10-19-48(55(47)53)58-60-56(44-23-21-38-15-7-8-16-40(38)31-44)59-57(61-58)45-24-22-39-17-9-18-41(39)32-45/h1-7,9,11-15,18-19,21-35,58H,8,10,16-17,20H2,(H,59,60,61). The SMILES string of the molecule is C1=Cc2ccc(C3=NC(C4=CCCc5oc6cc(-n7c8ccc(-c9ccccc9)cc8c8cc(-c9ccccc9)ccc87)ccc6c54)N=C(c4ccc5c(c4)C=CC5)N3)cc2CC1. The van der Waals surface area contributed by atoms with Gasteiger partial charge in [-0.25, -0.2) is 9.98 Å². The molecule has 3 heterocycles. The molecule has 4 aliphatic rings. The maximum Gasteiger partial charge on any atom is 0.170 e. The van der Waals surface area contributed by atoms with Gasteiger partial charge in [-0.15, -0.1) is 0 Å². The summed E-state index contributed by atoms with van der Waals surface area (Å²) >= 11 is 0. The summed E-state index contributed by atoms with van der Waals surface area (Å²) < 4.78 is 9.28. The van der Waals surface area contributed by atoms with Crippen molar-refractivity contribution in [3.63, 3.8) is 0 Å². The monoisotopic (exact) mass is 810 g/mol. The summed E-state index contributed by atoms with van der Waals surface area (Å²) in [5.41, 5.74) is 18.7. The van der Waals surface area contributed by atoms with Crippen molar-refractivity contribution in [2.45, 2.75) is 38.3 Å². The third kappa shape index (κ3) is 6.06. The van der Waals surface area contributed by atoms with Crippen LogP contribution in [0.4, 0.5) is 0 Å². The minimum atomic E-state index is -0.439. The highest BCUT2D eigenvalue weighted by atomic mass is 16.3. The van der Waals surface area contributed by atoms with E-state index in [0.717, 1.165) is 99.5 Å². The number of fused-ring (bicyclic) bond motifs is 8. The second kappa shape index (κ2) is 14.4. The number of nitrogens with zero attached hydrogens (tertiary/aromatic N) is 3. The predicted molar refractivity (Wildman–Crippen MR) is 261 cm³/mol. The molecule has 5 nitrogen and oxygen atoms in total. The first kappa shape index (κ1) is 35.9. The Balaban J connectivity index is 0.937. The number of aromatic nitrogens is 1. The lowest BCUT2D eigenvalue weighted by atomic mass is 9.91. The fraction of sp³-hybridized carbons (Fsp3) is 0.103. The lowest BCUT2D eigenvalue weighted by Gasteiger charge is -2.26. The number of amidine groups is 2. The summed E-state index contributed by atoms with van der Waals surface area (Å²) in [6, 6.07) is 55.2. The average molecular weight is 811 g/mol. The van der Waals surface area contributed by atoms with Gasteiger partial charge in [0.25, 0.3) is 0 Å². The van der Waals surface area contributed by atoms with Gasteiger partial charge in [0.05, 0.1) is 11.0 Å². The summed E-state index contributed by atoms with van der Waals surface area (Å²) in [7, 11) is 0. The number of furan rings is 1. The van der Waals surface area contributed by atoms with Crippen molar-refractivity contribution in [3.8, 4) is 27.9 Å². The molecule has 0 fully saturated rings. The van der Waals surface area contributed by atoms with Gasteiger partial charge in [0.15, 0.2) is 6.17 Å². The van der Waals surface area contributed by atoms with E-state index in [1.807, 2.05) is 0 Å². The average Bonchev–Trinajstić information content (AvgIpc) is 4.07. The van der Waals surface area contributed by atoms with Crippen molar-refractivity contribution in [1.29, 1.82) is 0 Å². The number of hydrogen-bond donors (Lipinski definition) is 1. The first-order valence-corrected chi connectivity index (χ1v) is 22.2. The Bertz CT molecular complexity index is 3410. The molecule has 0 amide bonds. The van der Waals surface area contributed by atoms with Crippen LogP contribution in [-0.4, -0.2) is 22.4 Å². The zero-order valence-corrected chi connectivity index (χ0v) is 34.7. The Morgan fingerprint density at radius 3 is 1.95 bits per heavy atom. The van der Waals surface area contributed by atoms with Crippen LogP contribution in [0.1, 0.15) is 57.5 Å². The number of aliphatic imine (C=N–C) groups is 2. The molecule has 0 bridgehead atoms. The van der Waals surface area contributed by atoms with E-state index in [1.54, 1.807) is 0 Å². The highest BCUT2D eigenvalue weighted by Gasteiger charge is 2.30. The first-order valence-electron chi connectivity index (χ1n) is 22.2. The molecular formula is C58H42N4O. The number of nitrogens with one attached hydrogen (secondary N) is 1. The highest BCUT2D eigenvalue weighted by Crippen LogP contribution is 2.42. The molecule has 300 valence electrons. The van der Waals surface area contributed by atoms with Crippen LogP contribution in [0.5, 0.6) is 0 Å². The van der Waals surface area contributed by atoms with E-state index < -0.39 is 6.17 Å². The largest absolute Gasteiger partial charge is 0.460 e. The van der Waals surface area contributed by atoms with E-state index in [9.17, 15) is 0 Å². The maximum absolute atomic E-state index is 6.88. The number of hydrogen-bond acceptors (Lipinski definition) is 4. The van der Waals surface area contributed by atoms with E-state index >= 15 is 0 Å². The number of benzene rings is 7. The highest BCUT2D eigenvalue weighted by molar-refractivity contribution is 6.17. The molecule has 0 radical (unpaired) electrons. The molecule has 63 heavy (non-hydrogen) atoms. The van der Waals surface area contributed by atoms with Crippen LogP contribution in [0.3, 0.4) is 0 Å². The fourth-order valence-corrected chi connectivity index (χ4v) is 10.2. The fourth-order valence-electron chi connectivity index (χ4n) is 10.2. The lowest BCUT2D eigenvalue weighted by molar-refractivity contribution is 0.544. The molecule has 5 heteroatoms. The van der Waals surface area contributed by atoms with Gasteiger partial charge in [0, 0.05) is 56.6 Å². The van der Waals surface area contributed by atoms with Crippen LogP contribution in [0.15, 0.2) is 184 Å². The normalized spacial score (nSPS) is 16.4. The van der Waals surface area contributed by atoms with Gasteiger partial charge >= 0.3 is 0 Å². The van der Waals surface area contributed by atoms with Crippen LogP contribution in [0.25, 0.3) is 78.4 Å². The number of allylic oxidation sites excluding steroid dienone is 3. The predicted octanol–water partition coefficient (Wildman–Crippen LogP) is 13.5. The third-order valence-electron chi connectivity index (χ3n) is 13.4. The molecule has 9 aromatic rings. The Morgan fingerprint density at radius 2 is 1.21 bits per heavy atom. The summed E-state index contributed by atoms with van der Waals surface area (Å²) in [6.45, 7) is 0. The third-order valence-corrected chi connectivity index (χ3v) is 13.4. The minimum Gasteiger partial charge on any atom is -0.460 e. The Hall–Kier alpha value is -7.76. The van der Waals surface area contributed by atoms with Crippen LogP contribution in [-0.2, 0) is 19.3 Å². The molecule has 13 rings (SSSR count). The maximum atomic E-state index is 6.88. The lowest BCUT2D eigenvalue weighted by Crippen LogP contribution is -2.38. The zero-order valence-electron chi connectivity index (χ0n) is 34.7.